The number of aryl methyl sites for hydroxylation is 1. The molecule has 0 spiro atoms. The Balaban J connectivity index is 2.86. The summed E-state index contributed by atoms with van der Waals surface area (Å²) in [4.78, 5) is 0. The standard InChI is InChI=1S/C12H9F3/c1-8-6-7-9-4-2-3-5-10(9)11(8)12(13,14)15/h2-7H,1H3. The van der Waals surface area contributed by atoms with Gasteiger partial charge < -0.3 is 0 Å². The van der Waals surface area contributed by atoms with Crippen LogP contribution in [0.4, 0.5) is 13.2 Å². The van der Waals surface area contributed by atoms with Gasteiger partial charge in [-0.1, -0.05) is 36.4 Å². The molecule has 0 saturated heterocycles. The van der Waals surface area contributed by atoms with E-state index in [0.717, 1.165) is 0 Å². The highest BCUT2D eigenvalue weighted by Crippen LogP contribution is 2.36. The van der Waals surface area contributed by atoms with Crippen LogP contribution in [0.5, 0.6) is 0 Å². The molecule has 0 aliphatic carbocycles. The van der Waals surface area contributed by atoms with E-state index in [9.17, 15) is 13.2 Å². The lowest BCUT2D eigenvalue weighted by molar-refractivity contribution is -0.136. The predicted molar refractivity (Wildman–Crippen MR) is 53.7 cm³/mol. The molecule has 15 heavy (non-hydrogen) atoms. The quantitative estimate of drug-likeness (QED) is 0.612. The average molecular weight is 210 g/mol. The van der Waals surface area contributed by atoms with Crippen molar-refractivity contribution in [3.63, 3.8) is 0 Å². The largest absolute Gasteiger partial charge is 0.417 e. The van der Waals surface area contributed by atoms with Gasteiger partial charge in [-0.15, -0.1) is 0 Å². The fourth-order valence-corrected chi connectivity index (χ4v) is 1.76. The number of hydrogen-bond donors (Lipinski definition) is 0. The van der Waals surface area contributed by atoms with Gasteiger partial charge >= 0.3 is 6.18 Å². The van der Waals surface area contributed by atoms with Crippen molar-refractivity contribution in [2.75, 3.05) is 0 Å². The Morgan fingerprint density at radius 1 is 0.933 bits per heavy atom. The van der Waals surface area contributed by atoms with E-state index in [0.29, 0.717) is 5.39 Å². The zero-order valence-electron chi connectivity index (χ0n) is 8.10. The molecule has 0 aliphatic rings. The Hall–Kier alpha value is -1.51. The van der Waals surface area contributed by atoms with Crippen LogP contribution in [0.1, 0.15) is 11.1 Å². The van der Waals surface area contributed by atoms with Crippen molar-refractivity contribution in [2.45, 2.75) is 13.1 Å². The van der Waals surface area contributed by atoms with Crippen LogP contribution in [0.2, 0.25) is 0 Å². The molecule has 0 atom stereocenters. The van der Waals surface area contributed by atoms with Crippen molar-refractivity contribution in [2.24, 2.45) is 0 Å². The van der Waals surface area contributed by atoms with Crippen molar-refractivity contribution >= 4 is 10.8 Å². The Morgan fingerprint density at radius 2 is 1.60 bits per heavy atom. The molecule has 0 aromatic heterocycles. The molecule has 0 fully saturated rings. The third-order valence-corrected chi connectivity index (χ3v) is 2.42. The molecule has 2 aromatic carbocycles. The molecule has 0 radical (unpaired) electrons. The van der Waals surface area contributed by atoms with E-state index in [-0.39, 0.29) is 10.9 Å². The zero-order valence-corrected chi connectivity index (χ0v) is 8.10. The summed E-state index contributed by atoms with van der Waals surface area (Å²) >= 11 is 0. The van der Waals surface area contributed by atoms with Gasteiger partial charge in [-0.3, -0.25) is 0 Å². The van der Waals surface area contributed by atoms with Gasteiger partial charge in [0.2, 0.25) is 0 Å². The number of halogens is 3. The smallest absolute Gasteiger partial charge is 0.166 e. The topological polar surface area (TPSA) is 0 Å². The number of hydrogen-bond acceptors (Lipinski definition) is 0. The first-order valence-electron chi connectivity index (χ1n) is 4.55. The summed E-state index contributed by atoms with van der Waals surface area (Å²) < 4.78 is 38.3. The van der Waals surface area contributed by atoms with Crippen molar-refractivity contribution in [1.29, 1.82) is 0 Å². The summed E-state index contributed by atoms with van der Waals surface area (Å²) in [6.07, 6.45) is -4.29. The van der Waals surface area contributed by atoms with E-state index in [1.165, 1.54) is 19.1 Å². The molecule has 0 nitrogen and oxygen atoms in total. The molecule has 3 heteroatoms. The van der Waals surface area contributed by atoms with E-state index in [1.807, 2.05) is 0 Å². The molecule has 0 heterocycles. The minimum absolute atomic E-state index is 0.265. The van der Waals surface area contributed by atoms with Crippen LogP contribution in [-0.4, -0.2) is 0 Å². The van der Waals surface area contributed by atoms with Crippen LogP contribution < -0.4 is 0 Å². The second kappa shape index (κ2) is 3.26. The van der Waals surface area contributed by atoms with Gasteiger partial charge in [0.05, 0.1) is 5.56 Å². The normalized spacial score (nSPS) is 12.0. The fourth-order valence-electron chi connectivity index (χ4n) is 1.76. The van der Waals surface area contributed by atoms with Crippen molar-refractivity contribution in [3.05, 3.63) is 47.5 Å². The molecule has 0 N–H and O–H groups in total. The second-order valence-electron chi connectivity index (χ2n) is 3.48. The molecule has 2 aromatic rings. The van der Waals surface area contributed by atoms with E-state index >= 15 is 0 Å². The minimum Gasteiger partial charge on any atom is -0.166 e. The number of rotatable bonds is 0. The number of alkyl halides is 3. The van der Waals surface area contributed by atoms with Gasteiger partial charge in [-0.05, 0) is 23.3 Å². The second-order valence-corrected chi connectivity index (χ2v) is 3.48. The first kappa shape index (κ1) is 10.0. The number of fused-ring (bicyclic) bond motifs is 1. The average Bonchev–Trinajstić information content (AvgIpc) is 2.15. The highest BCUT2D eigenvalue weighted by molar-refractivity contribution is 5.87. The van der Waals surface area contributed by atoms with Gasteiger partial charge in [0.25, 0.3) is 0 Å². The highest BCUT2D eigenvalue weighted by atomic mass is 19.4. The van der Waals surface area contributed by atoms with Gasteiger partial charge in [0, 0.05) is 0 Å². The Kier molecular flexibility index (Phi) is 2.18. The maximum absolute atomic E-state index is 12.8. The van der Waals surface area contributed by atoms with Crippen molar-refractivity contribution in [1.82, 2.24) is 0 Å². The SMILES string of the molecule is Cc1ccc2ccccc2c1C(F)(F)F. The van der Waals surface area contributed by atoms with Crippen molar-refractivity contribution in [3.8, 4) is 0 Å². The summed E-state index contributed by atoms with van der Waals surface area (Å²) in [6.45, 7) is 1.48. The molecular weight excluding hydrogens is 201 g/mol. The molecule has 0 unspecified atom stereocenters. The van der Waals surface area contributed by atoms with E-state index in [2.05, 4.69) is 0 Å². The lowest BCUT2D eigenvalue weighted by Gasteiger charge is -2.13. The Morgan fingerprint density at radius 3 is 2.27 bits per heavy atom. The van der Waals surface area contributed by atoms with Crippen LogP contribution in [-0.2, 0) is 6.18 Å². The predicted octanol–water partition coefficient (Wildman–Crippen LogP) is 4.17. The third-order valence-electron chi connectivity index (χ3n) is 2.42. The molecule has 0 amide bonds. The van der Waals surface area contributed by atoms with Crippen LogP contribution in [0, 0.1) is 6.92 Å². The van der Waals surface area contributed by atoms with Crippen LogP contribution in [0.3, 0.4) is 0 Å². The molecule has 0 saturated carbocycles. The number of benzene rings is 2. The van der Waals surface area contributed by atoms with Gasteiger partial charge in [0.1, 0.15) is 0 Å². The molecule has 2 rings (SSSR count). The maximum Gasteiger partial charge on any atom is 0.417 e. The monoisotopic (exact) mass is 210 g/mol. The van der Waals surface area contributed by atoms with Crippen LogP contribution in [0.25, 0.3) is 10.8 Å². The molecule has 0 aliphatic heterocycles. The lowest BCUT2D eigenvalue weighted by Crippen LogP contribution is -2.08. The lowest BCUT2D eigenvalue weighted by atomic mass is 9.99. The summed E-state index contributed by atoms with van der Waals surface area (Å²) in [6, 6.07) is 9.76. The highest BCUT2D eigenvalue weighted by Gasteiger charge is 2.33. The van der Waals surface area contributed by atoms with Gasteiger partial charge in [-0.25, -0.2) is 0 Å². The molecule has 0 bridgehead atoms. The molecule has 78 valence electrons. The first-order chi connectivity index (χ1) is 7.00. The summed E-state index contributed by atoms with van der Waals surface area (Å²) in [7, 11) is 0. The minimum atomic E-state index is -4.29. The van der Waals surface area contributed by atoms with E-state index in [1.54, 1.807) is 24.3 Å². The summed E-state index contributed by atoms with van der Waals surface area (Å²) in [5.41, 5.74) is -0.262. The summed E-state index contributed by atoms with van der Waals surface area (Å²) in [5, 5.41) is 0.889. The maximum atomic E-state index is 12.8. The first-order valence-corrected chi connectivity index (χ1v) is 4.55. The van der Waals surface area contributed by atoms with Crippen LogP contribution >= 0.6 is 0 Å². The zero-order chi connectivity index (χ0) is 11.1. The fraction of sp³-hybridized carbons (Fsp3) is 0.167. The third kappa shape index (κ3) is 1.69. The summed E-state index contributed by atoms with van der Waals surface area (Å²) in [5.74, 6) is 0. The Labute approximate surface area is 85.3 Å². The molecular formula is C12H9F3. The van der Waals surface area contributed by atoms with E-state index < -0.39 is 11.7 Å². The van der Waals surface area contributed by atoms with E-state index in [4.69, 9.17) is 0 Å². The van der Waals surface area contributed by atoms with Crippen LogP contribution in [0.15, 0.2) is 36.4 Å². The van der Waals surface area contributed by atoms with Gasteiger partial charge in [0.15, 0.2) is 0 Å². The van der Waals surface area contributed by atoms with Crippen molar-refractivity contribution < 1.29 is 13.2 Å². The van der Waals surface area contributed by atoms with Gasteiger partial charge in [-0.2, -0.15) is 13.2 Å². The Bertz CT molecular complexity index is 498.